The van der Waals surface area contributed by atoms with E-state index in [0.717, 1.165) is 23.0 Å². The summed E-state index contributed by atoms with van der Waals surface area (Å²) in [5, 5.41) is 0.751. The van der Waals surface area contributed by atoms with Gasteiger partial charge in [0.25, 0.3) is 0 Å². The van der Waals surface area contributed by atoms with E-state index in [-0.39, 0.29) is 0 Å². The van der Waals surface area contributed by atoms with Gasteiger partial charge in [-0.05, 0) is 36.2 Å². The topological polar surface area (TPSA) is 3.24 Å². The molecule has 0 bridgehead atoms. The van der Waals surface area contributed by atoms with E-state index in [0.29, 0.717) is 11.8 Å². The Balaban J connectivity index is 2.53. The lowest BCUT2D eigenvalue weighted by atomic mass is 10.4. The summed E-state index contributed by atoms with van der Waals surface area (Å²) in [4.78, 5) is 1.15. The van der Waals surface area contributed by atoms with Gasteiger partial charge in [-0.25, -0.2) is 4.31 Å². The number of halogens is 3. The molecule has 0 unspecified atom stereocenters. The van der Waals surface area contributed by atoms with Crippen LogP contribution in [0.3, 0.4) is 0 Å². The van der Waals surface area contributed by atoms with Crippen LogP contribution in [0.5, 0.6) is 0 Å². The van der Waals surface area contributed by atoms with Gasteiger partial charge in [-0.15, -0.1) is 23.2 Å². The van der Waals surface area contributed by atoms with Crippen LogP contribution in [0.2, 0.25) is 5.02 Å². The monoisotopic (exact) mass is 283 g/mol. The van der Waals surface area contributed by atoms with Crippen LogP contribution in [0.1, 0.15) is 0 Å². The Morgan fingerprint density at radius 3 is 2.00 bits per heavy atom. The fourth-order valence-electron chi connectivity index (χ4n) is 1.04. The highest BCUT2D eigenvalue weighted by Crippen LogP contribution is 2.23. The number of alkyl halides is 2. The molecule has 0 saturated carbocycles. The molecular weight excluding hydrogens is 273 g/mol. The Kier molecular flexibility index (Phi) is 6.86. The lowest BCUT2D eigenvalue weighted by molar-refractivity contribution is 0.530. The quantitative estimate of drug-likeness (QED) is 0.571. The minimum atomic E-state index is 0.609. The van der Waals surface area contributed by atoms with Crippen LogP contribution >= 0.6 is 46.8 Å². The zero-order valence-electron chi connectivity index (χ0n) is 8.13. The molecule has 0 saturated heterocycles. The molecule has 0 aliphatic heterocycles. The Morgan fingerprint density at radius 2 is 1.53 bits per heavy atom. The van der Waals surface area contributed by atoms with Crippen LogP contribution in [0.15, 0.2) is 29.2 Å². The Labute approximate surface area is 110 Å². The number of hydrogen-bond donors (Lipinski definition) is 0. The van der Waals surface area contributed by atoms with Crippen molar-refractivity contribution in [3.8, 4) is 0 Å². The maximum absolute atomic E-state index is 5.81. The van der Waals surface area contributed by atoms with Crippen LogP contribution in [-0.2, 0) is 0 Å². The summed E-state index contributed by atoms with van der Waals surface area (Å²) in [5.74, 6) is 1.22. The molecule has 84 valence electrons. The first kappa shape index (κ1) is 13.5. The SMILES string of the molecule is ClCCN(CCCl)Sc1ccc(Cl)cc1. The lowest BCUT2D eigenvalue weighted by Crippen LogP contribution is -2.20. The highest BCUT2D eigenvalue weighted by atomic mass is 35.5. The highest BCUT2D eigenvalue weighted by molar-refractivity contribution is 7.97. The molecule has 1 aromatic rings. The van der Waals surface area contributed by atoms with E-state index in [2.05, 4.69) is 4.31 Å². The molecule has 0 aromatic heterocycles. The lowest BCUT2D eigenvalue weighted by Gasteiger charge is -2.18. The van der Waals surface area contributed by atoms with Crippen molar-refractivity contribution in [2.75, 3.05) is 24.8 Å². The summed E-state index contributed by atoms with van der Waals surface area (Å²) in [7, 11) is 0. The van der Waals surface area contributed by atoms with E-state index in [1.807, 2.05) is 24.3 Å². The van der Waals surface area contributed by atoms with Gasteiger partial charge in [-0.2, -0.15) is 0 Å². The Morgan fingerprint density at radius 1 is 1.00 bits per heavy atom. The van der Waals surface area contributed by atoms with Gasteiger partial charge in [0.2, 0.25) is 0 Å². The minimum Gasteiger partial charge on any atom is -0.244 e. The predicted molar refractivity (Wildman–Crippen MR) is 70.3 cm³/mol. The molecule has 0 amide bonds. The van der Waals surface area contributed by atoms with Crippen molar-refractivity contribution in [2.45, 2.75) is 4.90 Å². The zero-order valence-corrected chi connectivity index (χ0v) is 11.2. The van der Waals surface area contributed by atoms with Gasteiger partial charge in [-0.3, -0.25) is 0 Å². The van der Waals surface area contributed by atoms with Crippen molar-refractivity contribution in [1.29, 1.82) is 0 Å². The third-order valence-corrected chi connectivity index (χ3v) is 3.41. The molecule has 15 heavy (non-hydrogen) atoms. The molecule has 0 N–H and O–H groups in total. The largest absolute Gasteiger partial charge is 0.244 e. The first-order valence-corrected chi connectivity index (χ1v) is 6.78. The molecule has 0 heterocycles. The van der Waals surface area contributed by atoms with E-state index < -0.39 is 0 Å². The standard InChI is InChI=1S/C10H12Cl3NS/c11-5-7-14(8-6-12)15-10-3-1-9(13)2-4-10/h1-4H,5-8H2. The molecular formula is C10H12Cl3NS. The van der Waals surface area contributed by atoms with Crippen molar-refractivity contribution < 1.29 is 0 Å². The van der Waals surface area contributed by atoms with E-state index in [9.17, 15) is 0 Å². The summed E-state index contributed by atoms with van der Waals surface area (Å²) in [6, 6.07) is 7.73. The third kappa shape index (κ3) is 5.32. The average Bonchev–Trinajstić information content (AvgIpc) is 2.22. The average molecular weight is 285 g/mol. The number of rotatable bonds is 6. The second-order valence-corrected chi connectivity index (χ2v) is 5.21. The van der Waals surface area contributed by atoms with Crippen molar-refractivity contribution in [2.24, 2.45) is 0 Å². The van der Waals surface area contributed by atoms with Gasteiger partial charge in [0.15, 0.2) is 0 Å². The number of benzene rings is 1. The normalized spacial score (nSPS) is 10.9. The predicted octanol–water partition coefficient (Wildman–Crippen LogP) is 4.13. The fourth-order valence-corrected chi connectivity index (χ4v) is 2.69. The molecule has 0 atom stereocenters. The van der Waals surface area contributed by atoms with Gasteiger partial charge >= 0.3 is 0 Å². The second kappa shape index (κ2) is 7.64. The summed E-state index contributed by atoms with van der Waals surface area (Å²) in [6.45, 7) is 1.64. The van der Waals surface area contributed by atoms with E-state index in [1.165, 1.54) is 0 Å². The van der Waals surface area contributed by atoms with Crippen LogP contribution in [0.25, 0.3) is 0 Å². The maximum Gasteiger partial charge on any atom is 0.0406 e. The van der Waals surface area contributed by atoms with Crippen LogP contribution < -0.4 is 0 Å². The molecule has 0 aliphatic rings. The minimum absolute atomic E-state index is 0.609. The van der Waals surface area contributed by atoms with Crippen LogP contribution in [0, 0.1) is 0 Å². The van der Waals surface area contributed by atoms with Gasteiger partial charge < -0.3 is 0 Å². The fraction of sp³-hybridized carbons (Fsp3) is 0.400. The molecule has 0 spiro atoms. The summed E-state index contributed by atoms with van der Waals surface area (Å²) in [6.07, 6.45) is 0. The van der Waals surface area contributed by atoms with Crippen LogP contribution in [-0.4, -0.2) is 29.2 Å². The van der Waals surface area contributed by atoms with Gasteiger partial charge in [0, 0.05) is 34.8 Å². The molecule has 0 fully saturated rings. The zero-order chi connectivity index (χ0) is 11.1. The molecule has 1 aromatic carbocycles. The maximum atomic E-state index is 5.81. The van der Waals surface area contributed by atoms with E-state index in [4.69, 9.17) is 34.8 Å². The Bertz CT molecular complexity index is 273. The number of hydrogen-bond acceptors (Lipinski definition) is 2. The smallest absolute Gasteiger partial charge is 0.0406 e. The van der Waals surface area contributed by atoms with Gasteiger partial charge in [0.1, 0.15) is 0 Å². The van der Waals surface area contributed by atoms with E-state index in [1.54, 1.807) is 11.9 Å². The van der Waals surface area contributed by atoms with E-state index >= 15 is 0 Å². The molecule has 0 radical (unpaired) electrons. The van der Waals surface area contributed by atoms with Crippen molar-refractivity contribution in [1.82, 2.24) is 4.31 Å². The first-order chi connectivity index (χ1) is 7.26. The summed E-state index contributed by atoms with van der Waals surface area (Å²) < 4.78 is 2.14. The third-order valence-electron chi connectivity index (χ3n) is 1.72. The molecule has 1 nitrogen and oxygen atoms in total. The van der Waals surface area contributed by atoms with Crippen molar-refractivity contribution in [3.63, 3.8) is 0 Å². The summed E-state index contributed by atoms with van der Waals surface area (Å²) >= 11 is 18.9. The second-order valence-electron chi connectivity index (χ2n) is 2.85. The summed E-state index contributed by atoms with van der Waals surface area (Å²) in [5.41, 5.74) is 0. The van der Waals surface area contributed by atoms with Gasteiger partial charge in [-0.1, -0.05) is 11.6 Å². The van der Waals surface area contributed by atoms with Crippen molar-refractivity contribution >= 4 is 46.8 Å². The molecule has 0 aliphatic carbocycles. The van der Waals surface area contributed by atoms with Gasteiger partial charge in [0.05, 0.1) is 0 Å². The first-order valence-electron chi connectivity index (χ1n) is 4.56. The molecule has 5 heteroatoms. The van der Waals surface area contributed by atoms with Crippen molar-refractivity contribution in [3.05, 3.63) is 29.3 Å². The Hall–Kier alpha value is 0.400. The highest BCUT2D eigenvalue weighted by Gasteiger charge is 2.05. The molecule has 1 rings (SSSR count). The van der Waals surface area contributed by atoms with Crippen LogP contribution in [0.4, 0.5) is 0 Å². The number of nitrogens with zero attached hydrogens (tertiary/aromatic N) is 1.